The molecule has 2 aromatic carbocycles. The molecule has 0 N–H and O–H groups in total. The minimum Gasteiger partial charge on any atom is -0.298 e. The lowest BCUT2D eigenvalue weighted by atomic mass is 9.93. The molecule has 0 bridgehead atoms. The highest BCUT2D eigenvalue weighted by molar-refractivity contribution is 5.75. The molecule has 1 atom stereocenters. The highest BCUT2D eigenvalue weighted by Gasteiger charge is 2.06. The molecule has 0 saturated heterocycles. The maximum absolute atomic E-state index is 10.7. The summed E-state index contributed by atoms with van der Waals surface area (Å²) in [5, 5.41) is 0. The van der Waals surface area contributed by atoms with E-state index in [4.69, 9.17) is 0 Å². The first kappa shape index (κ1) is 11.6. The van der Waals surface area contributed by atoms with Crippen molar-refractivity contribution >= 4 is 6.29 Å². The highest BCUT2D eigenvalue weighted by Crippen LogP contribution is 2.20. The van der Waals surface area contributed by atoms with Gasteiger partial charge < -0.3 is 0 Å². The maximum Gasteiger partial charge on any atom is 0.150 e. The predicted molar refractivity (Wildman–Crippen MR) is 70.4 cm³/mol. The van der Waals surface area contributed by atoms with Gasteiger partial charge in [0.05, 0.1) is 0 Å². The average molecular weight is 224 g/mol. The van der Waals surface area contributed by atoms with Gasteiger partial charge in [-0.1, -0.05) is 55.5 Å². The highest BCUT2D eigenvalue weighted by atomic mass is 16.1. The van der Waals surface area contributed by atoms with Crippen LogP contribution in [0.2, 0.25) is 0 Å². The first-order valence-electron chi connectivity index (χ1n) is 5.88. The fraction of sp³-hybridized carbons (Fsp3) is 0.188. The zero-order valence-electron chi connectivity index (χ0n) is 9.97. The largest absolute Gasteiger partial charge is 0.298 e. The Kier molecular flexibility index (Phi) is 3.71. The summed E-state index contributed by atoms with van der Waals surface area (Å²) in [5.74, 6) is 0.428. The van der Waals surface area contributed by atoms with Gasteiger partial charge in [0.15, 0.2) is 0 Å². The topological polar surface area (TPSA) is 17.1 Å². The quantitative estimate of drug-likeness (QED) is 0.721. The van der Waals surface area contributed by atoms with E-state index in [2.05, 4.69) is 37.3 Å². The molecule has 17 heavy (non-hydrogen) atoms. The minimum absolute atomic E-state index is 0.428. The van der Waals surface area contributed by atoms with Crippen LogP contribution in [0.5, 0.6) is 0 Å². The SMILES string of the molecule is CC(Cc1ccccc1)c1cccc(C=O)c1. The van der Waals surface area contributed by atoms with Crippen LogP contribution in [0.3, 0.4) is 0 Å². The van der Waals surface area contributed by atoms with E-state index >= 15 is 0 Å². The molecule has 0 aliphatic rings. The molecule has 2 rings (SSSR count). The summed E-state index contributed by atoms with van der Waals surface area (Å²) in [6.07, 6.45) is 1.90. The summed E-state index contributed by atoms with van der Waals surface area (Å²) in [4.78, 5) is 10.7. The van der Waals surface area contributed by atoms with Crippen LogP contribution >= 0.6 is 0 Å². The van der Waals surface area contributed by atoms with Crippen LogP contribution in [0, 0.1) is 0 Å². The van der Waals surface area contributed by atoms with Crippen molar-refractivity contribution in [2.45, 2.75) is 19.3 Å². The first-order chi connectivity index (χ1) is 8.29. The van der Waals surface area contributed by atoms with Crippen LogP contribution in [0.1, 0.15) is 34.3 Å². The van der Waals surface area contributed by atoms with Crippen molar-refractivity contribution in [2.75, 3.05) is 0 Å². The third-order valence-corrected chi connectivity index (χ3v) is 3.00. The van der Waals surface area contributed by atoms with Crippen LogP contribution in [0.15, 0.2) is 54.6 Å². The van der Waals surface area contributed by atoms with Crippen molar-refractivity contribution in [3.05, 3.63) is 71.3 Å². The van der Waals surface area contributed by atoms with Crippen molar-refractivity contribution in [3.8, 4) is 0 Å². The number of hydrogen-bond donors (Lipinski definition) is 0. The zero-order valence-corrected chi connectivity index (χ0v) is 9.97. The van der Waals surface area contributed by atoms with E-state index in [1.54, 1.807) is 0 Å². The Balaban J connectivity index is 2.14. The van der Waals surface area contributed by atoms with Gasteiger partial charge in [-0.05, 0) is 29.5 Å². The average Bonchev–Trinajstić information content (AvgIpc) is 2.40. The Morgan fingerprint density at radius 2 is 1.82 bits per heavy atom. The lowest BCUT2D eigenvalue weighted by Gasteiger charge is -2.12. The number of benzene rings is 2. The Bertz CT molecular complexity index is 488. The molecular weight excluding hydrogens is 208 g/mol. The lowest BCUT2D eigenvalue weighted by Crippen LogP contribution is -1.99. The number of carbonyl (C=O) groups is 1. The van der Waals surface area contributed by atoms with Gasteiger partial charge in [-0.3, -0.25) is 4.79 Å². The van der Waals surface area contributed by atoms with E-state index in [0.717, 1.165) is 18.3 Å². The van der Waals surface area contributed by atoms with Gasteiger partial charge in [0, 0.05) is 5.56 Å². The van der Waals surface area contributed by atoms with Gasteiger partial charge in [0.25, 0.3) is 0 Å². The Labute approximate surface area is 102 Å². The second-order valence-electron chi connectivity index (χ2n) is 4.38. The summed E-state index contributed by atoms with van der Waals surface area (Å²) in [5.41, 5.74) is 3.30. The second-order valence-corrected chi connectivity index (χ2v) is 4.38. The summed E-state index contributed by atoms with van der Waals surface area (Å²) < 4.78 is 0. The van der Waals surface area contributed by atoms with E-state index in [9.17, 15) is 4.79 Å². The lowest BCUT2D eigenvalue weighted by molar-refractivity contribution is 0.112. The molecule has 1 nitrogen and oxygen atoms in total. The van der Waals surface area contributed by atoms with Crippen LogP contribution in [-0.2, 0) is 6.42 Å². The van der Waals surface area contributed by atoms with Crippen LogP contribution in [-0.4, -0.2) is 6.29 Å². The van der Waals surface area contributed by atoms with Crippen molar-refractivity contribution in [1.82, 2.24) is 0 Å². The molecule has 0 heterocycles. The monoisotopic (exact) mass is 224 g/mol. The Morgan fingerprint density at radius 1 is 1.06 bits per heavy atom. The predicted octanol–water partition coefficient (Wildman–Crippen LogP) is 3.85. The maximum atomic E-state index is 10.7. The molecular formula is C16H16O. The molecule has 0 aliphatic heterocycles. The number of hydrogen-bond acceptors (Lipinski definition) is 1. The molecule has 86 valence electrons. The van der Waals surface area contributed by atoms with Gasteiger partial charge in [-0.15, -0.1) is 0 Å². The molecule has 0 radical (unpaired) electrons. The Morgan fingerprint density at radius 3 is 2.53 bits per heavy atom. The van der Waals surface area contributed by atoms with Crippen molar-refractivity contribution in [2.24, 2.45) is 0 Å². The third-order valence-electron chi connectivity index (χ3n) is 3.00. The second kappa shape index (κ2) is 5.44. The summed E-state index contributed by atoms with van der Waals surface area (Å²) in [7, 11) is 0. The summed E-state index contributed by atoms with van der Waals surface area (Å²) >= 11 is 0. The smallest absolute Gasteiger partial charge is 0.150 e. The van der Waals surface area contributed by atoms with E-state index in [1.165, 1.54) is 11.1 Å². The number of rotatable bonds is 4. The third kappa shape index (κ3) is 3.04. The molecule has 0 aromatic heterocycles. The van der Waals surface area contributed by atoms with Gasteiger partial charge in [0.2, 0.25) is 0 Å². The van der Waals surface area contributed by atoms with E-state index < -0.39 is 0 Å². The van der Waals surface area contributed by atoms with Gasteiger partial charge in [0.1, 0.15) is 6.29 Å². The van der Waals surface area contributed by atoms with Crippen LogP contribution in [0.4, 0.5) is 0 Å². The molecule has 1 heteroatoms. The molecule has 0 fully saturated rings. The van der Waals surface area contributed by atoms with Crippen LogP contribution < -0.4 is 0 Å². The van der Waals surface area contributed by atoms with Gasteiger partial charge in [-0.2, -0.15) is 0 Å². The van der Waals surface area contributed by atoms with E-state index in [1.807, 2.05) is 24.3 Å². The van der Waals surface area contributed by atoms with Gasteiger partial charge in [-0.25, -0.2) is 0 Å². The van der Waals surface area contributed by atoms with Crippen molar-refractivity contribution < 1.29 is 4.79 Å². The van der Waals surface area contributed by atoms with Crippen molar-refractivity contribution in [3.63, 3.8) is 0 Å². The fourth-order valence-corrected chi connectivity index (χ4v) is 2.02. The van der Waals surface area contributed by atoms with Gasteiger partial charge >= 0.3 is 0 Å². The van der Waals surface area contributed by atoms with E-state index in [0.29, 0.717) is 5.92 Å². The Hall–Kier alpha value is -1.89. The summed E-state index contributed by atoms with van der Waals surface area (Å²) in [6.45, 7) is 2.19. The molecule has 1 unspecified atom stereocenters. The fourth-order valence-electron chi connectivity index (χ4n) is 2.02. The molecule has 2 aromatic rings. The standard InChI is InChI=1S/C16H16O/c1-13(10-14-6-3-2-4-7-14)16-9-5-8-15(11-16)12-17/h2-9,11-13H,10H2,1H3. The van der Waals surface area contributed by atoms with Crippen LogP contribution in [0.25, 0.3) is 0 Å². The van der Waals surface area contributed by atoms with Crippen molar-refractivity contribution in [1.29, 1.82) is 0 Å². The molecule has 0 saturated carbocycles. The van der Waals surface area contributed by atoms with E-state index in [-0.39, 0.29) is 0 Å². The summed E-state index contributed by atoms with van der Waals surface area (Å²) in [6, 6.07) is 18.3. The molecule has 0 amide bonds. The zero-order chi connectivity index (χ0) is 12.1. The number of carbonyl (C=O) groups excluding carboxylic acids is 1. The minimum atomic E-state index is 0.428. The first-order valence-corrected chi connectivity index (χ1v) is 5.88. The molecule has 0 spiro atoms. The molecule has 0 aliphatic carbocycles. The number of aldehydes is 1. The normalized spacial score (nSPS) is 12.1.